The number of benzene rings is 1. The van der Waals surface area contributed by atoms with E-state index in [0.717, 1.165) is 18.8 Å². The van der Waals surface area contributed by atoms with Crippen LogP contribution in [0, 0.1) is 0 Å². The molecule has 1 N–H and O–H groups in total. The number of carbonyl (C=O) groups excluding carboxylic acids is 1. The van der Waals surface area contributed by atoms with E-state index >= 15 is 0 Å². The Labute approximate surface area is 165 Å². The third kappa shape index (κ3) is 4.32. The zero-order chi connectivity index (χ0) is 19.8. The van der Waals surface area contributed by atoms with E-state index in [1.165, 1.54) is 5.56 Å². The number of nitrogens with zero attached hydrogens (tertiary/aromatic N) is 1. The summed E-state index contributed by atoms with van der Waals surface area (Å²) in [6.45, 7) is 3.28. The lowest BCUT2D eigenvalue weighted by atomic mass is 9.97. The molecule has 0 bridgehead atoms. The number of morpholine rings is 1. The second-order valence-corrected chi connectivity index (χ2v) is 10.0. The molecule has 154 valence electrons. The van der Waals surface area contributed by atoms with Crippen molar-refractivity contribution in [1.82, 2.24) is 10.2 Å². The first kappa shape index (κ1) is 19.6. The molecular weight excluding hydrogens is 384 g/mol. The molecule has 2 atom stereocenters. The van der Waals surface area contributed by atoms with Crippen LogP contribution in [0.4, 0.5) is 0 Å². The lowest BCUT2D eigenvalue weighted by Crippen LogP contribution is -2.55. The van der Waals surface area contributed by atoms with Crippen LogP contribution < -0.4 is 10.1 Å². The van der Waals surface area contributed by atoms with E-state index in [2.05, 4.69) is 22.3 Å². The maximum atomic E-state index is 12.4. The summed E-state index contributed by atoms with van der Waals surface area (Å²) in [7, 11) is -1.31. The van der Waals surface area contributed by atoms with Gasteiger partial charge in [-0.15, -0.1) is 0 Å². The molecule has 0 aromatic heterocycles. The molecule has 1 spiro atoms. The van der Waals surface area contributed by atoms with Crippen LogP contribution in [-0.4, -0.2) is 81.9 Å². The number of hydrogen-bond donors (Lipinski definition) is 1. The van der Waals surface area contributed by atoms with Gasteiger partial charge in [0.25, 0.3) is 0 Å². The van der Waals surface area contributed by atoms with Gasteiger partial charge in [0.05, 0.1) is 37.9 Å². The summed E-state index contributed by atoms with van der Waals surface area (Å²) < 4.78 is 39.5. The van der Waals surface area contributed by atoms with Gasteiger partial charge in [-0.2, -0.15) is 0 Å². The summed E-state index contributed by atoms with van der Waals surface area (Å²) in [6, 6.07) is 7.71. The minimum absolute atomic E-state index is 0.0166. The number of sulfone groups is 1. The van der Waals surface area contributed by atoms with Gasteiger partial charge in [-0.25, -0.2) is 8.42 Å². The highest BCUT2D eigenvalue weighted by Gasteiger charge is 2.47. The van der Waals surface area contributed by atoms with Gasteiger partial charge in [0.2, 0.25) is 5.91 Å². The number of methoxy groups -OCH3 is 1. The van der Waals surface area contributed by atoms with Gasteiger partial charge in [-0.05, 0) is 17.7 Å². The van der Waals surface area contributed by atoms with Gasteiger partial charge >= 0.3 is 0 Å². The van der Waals surface area contributed by atoms with E-state index < -0.39 is 21.5 Å². The Morgan fingerprint density at radius 1 is 1.32 bits per heavy atom. The van der Waals surface area contributed by atoms with E-state index in [1.807, 2.05) is 12.1 Å². The second kappa shape index (κ2) is 7.62. The van der Waals surface area contributed by atoms with Gasteiger partial charge in [-0.3, -0.25) is 9.69 Å². The predicted octanol–water partition coefficient (Wildman–Crippen LogP) is -0.0317. The quantitative estimate of drug-likeness (QED) is 0.728. The summed E-state index contributed by atoms with van der Waals surface area (Å²) in [4.78, 5) is 14.7. The first-order valence-electron chi connectivity index (χ1n) is 9.48. The lowest BCUT2D eigenvalue weighted by Gasteiger charge is -2.39. The van der Waals surface area contributed by atoms with Crippen molar-refractivity contribution in [2.45, 2.75) is 30.7 Å². The molecule has 0 radical (unpaired) electrons. The zero-order valence-electron chi connectivity index (χ0n) is 15.9. The fourth-order valence-electron chi connectivity index (χ4n) is 4.08. The molecule has 3 saturated heterocycles. The molecule has 2 unspecified atom stereocenters. The van der Waals surface area contributed by atoms with Crippen molar-refractivity contribution in [2.24, 2.45) is 0 Å². The topological polar surface area (TPSA) is 94.2 Å². The molecule has 0 aliphatic carbocycles. The minimum atomic E-state index is -2.96. The Hall–Kier alpha value is -1.68. The number of ether oxygens (including phenoxy) is 3. The van der Waals surface area contributed by atoms with Crippen molar-refractivity contribution in [1.29, 1.82) is 0 Å². The van der Waals surface area contributed by atoms with E-state index in [4.69, 9.17) is 14.2 Å². The van der Waals surface area contributed by atoms with Crippen molar-refractivity contribution in [3.8, 4) is 5.75 Å². The first-order chi connectivity index (χ1) is 13.4. The third-order valence-corrected chi connectivity index (χ3v) is 7.37. The maximum Gasteiger partial charge on any atom is 0.249 e. The second-order valence-electron chi connectivity index (χ2n) is 7.88. The highest BCUT2D eigenvalue weighted by molar-refractivity contribution is 7.92. The molecule has 8 nitrogen and oxygen atoms in total. The van der Waals surface area contributed by atoms with Gasteiger partial charge in [0, 0.05) is 26.1 Å². The van der Waals surface area contributed by atoms with Crippen molar-refractivity contribution in [3.05, 3.63) is 29.8 Å². The van der Waals surface area contributed by atoms with Crippen LogP contribution in [0.3, 0.4) is 0 Å². The normalized spacial score (nSPS) is 30.1. The van der Waals surface area contributed by atoms with Crippen molar-refractivity contribution in [2.75, 3.05) is 44.9 Å². The highest BCUT2D eigenvalue weighted by Crippen LogP contribution is 2.32. The number of rotatable bonds is 5. The van der Waals surface area contributed by atoms with Crippen molar-refractivity contribution in [3.63, 3.8) is 0 Å². The Morgan fingerprint density at radius 3 is 2.75 bits per heavy atom. The smallest absolute Gasteiger partial charge is 0.249 e. The highest BCUT2D eigenvalue weighted by atomic mass is 32.2. The van der Waals surface area contributed by atoms with E-state index in [0.29, 0.717) is 26.2 Å². The molecule has 3 aliphatic rings. The number of amides is 1. The van der Waals surface area contributed by atoms with Gasteiger partial charge < -0.3 is 19.5 Å². The Bertz CT molecular complexity index is 815. The fourth-order valence-corrected chi connectivity index (χ4v) is 5.37. The van der Waals surface area contributed by atoms with Gasteiger partial charge in [0.15, 0.2) is 9.84 Å². The van der Waals surface area contributed by atoms with E-state index in [-0.39, 0.29) is 23.5 Å². The molecule has 0 saturated carbocycles. The Morgan fingerprint density at radius 2 is 2.07 bits per heavy atom. The van der Waals surface area contributed by atoms with Crippen LogP contribution in [0.1, 0.15) is 12.0 Å². The third-order valence-electron chi connectivity index (χ3n) is 5.55. The first-order valence-corrected chi connectivity index (χ1v) is 11.3. The number of carbonyl (C=O) groups is 1. The van der Waals surface area contributed by atoms with E-state index in [1.54, 1.807) is 7.11 Å². The molecule has 3 aliphatic heterocycles. The summed E-state index contributed by atoms with van der Waals surface area (Å²) in [5.74, 6) is 0.623. The summed E-state index contributed by atoms with van der Waals surface area (Å²) in [6.07, 6.45) is -0.110. The SMILES string of the molecule is COc1ccc(CN2CCOC3(COC(C(=O)NC4CS(=O)(=O)C4)C3)C2)cc1. The average molecular weight is 410 g/mol. The number of nitrogens with one attached hydrogen (secondary N) is 1. The van der Waals surface area contributed by atoms with Crippen molar-refractivity contribution >= 4 is 15.7 Å². The van der Waals surface area contributed by atoms with Crippen LogP contribution in [0.2, 0.25) is 0 Å². The fraction of sp³-hybridized carbons (Fsp3) is 0.632. The number of hydrogen-bond acceptors (Lipinski definition) is 7. The summed E-state index contributed by atoms with van der Waals surface area (Å²) in [5.41, 5.74) is 0.704. The standard InChI is InChI=1S/C19H26N2O6S/c1-25-16-4-2-14(3-5-16)9-21-6-7-27-19(12-21)8-17(26-13-19)18(22)20-15-10-28(23,24)11-15/h2-5,15,17H,6-13H2,1H3,(H,20,22). The van der Waals surface area contributed by atoms with Crippen LogP contribution in [-0.2, 0) is 30.7 Å². The molecule has 3 heterocycles. The predicted molar refractivity (Wildman–Crippen MR) is 102 cm³/mol. The molecule has 28 heavy (non-hydrogen) atoms. The van der Waals surface area contributed by atoms with Gasteiger partial charge in [-0.1, -0.05) is 12.1 Å². The molecule has 1 aromatic carbocycles. The largest absolute Gasteiger partial charge is 0.497 e. The van der Waals surface area contributed by atoms with Crippen LogP contribution in [0.15, 0.2) is 24.3 Å². The molecule has 3 fully saturated rings. The average Bonchev–Trinajstić information content (AvgIpc) is 3.04. The molecule has 1 aromatic rings. The van der Waals surface area contributed by atoms with Crippen LogP contribution >= 0.6 is 0 Å². The van der Waals surface area contributed by atoms with Crippen molar-refractivity contribution < 1.29 is 27.4 Å². The monoisotopic (exact) mass is 410 g/mol. The van der Waals surface area contributed by atoms with E-state index in [9.17, 15) is 13.2 Å². The summed E-state index contributed by atoms with van der Waals surface area (Å²) >= 11 is 0. The Kier molecular flexibility index (Phi) is 5.34. The van der Waals surface area contributed by atoms with Crippen LogP contribution in [0.25, 0.3) is 0 Å². The maximum absolute atomic E-state index is 12.4. The Balaban J connectivity index is 1.31. The zero-order valence-corrected chi connectivity index (χ0v) is 16.7. The molecule has 9 heteroatoms. The van der Waals surface area contributed by atoms with Gasteiger partial charge in [0.1, 0.15) is 17.5 Å². The minimum Gasteiger partial charge on any atom is -0.497 e. The molecule has 1 amide bonds. The molecule has 4 rings (SSSR count). The summed E-state index contributed by atoms with van der Waals surface area (Å²) in [5, 5.41) is 2.77. The molecular formula is C19H26N2O6S. The lowest BCUT2D eigenvalue weighted by molar-refractivity contribution is -0.130. The van der Waals surface area contributed by atoms with Crippen LogP contribution in [0.5, 0.6) is 5.75 Å².